The quantitative estimate of drug-likeness (QED) is 0.773. The molecular formula is C21H32N2O3S. The smallest absolute Gasteiger partial charge is 0.219 e. The van der Waals surface area contributed by atoms with Gasteiger partial charge in [-0.25, -0.2) is 8.42 Å². The molecule has 3 rings (SSSR count). The average molecular weight is 393 g/mol. The minimum absolute atomic E-state index is 0.171. The summed E-state index contributed by atoms with van der Waals surface area (Å²) < 4.78 is 24.9. The van der Waals surface area contributed by atoms with Gasteiger partial charge >= 0.3 is 0 Å². The molecule has 0 saturated carbocycles. The minimum atomic E-state index is -3.21. The molecule has 2 heterocycles. The topological polar surface area (TPSA) is 57.7 Å². The van der Waals surface area contributed by atoms with Gasteiger partial charge in [0.1, 0.15) is 0 Å². The zero-order chi connectivity index (χ0) is 19.3. The Morgan fingerprint density at radius 1 is 1.00 bits per heavy atom. The summed E-state index contributed by atoms with van der Waals surface area (Å²) in [5, 5.41) is 0. The first-order chi connectivity index (χ1) is 13.0. The van der Waals surface area contributed by atoms with Crippen molar-refractivity contribution in [2.45, 2.75) is 56.4 Å². The normalized spacial score (nSPS) is 23.1. The Hall–Kier alpha value is -1.40. The molecule has 0 radical (unpaired) electrons. The number of amides is 1. The van der Waals surface area contributed by atoms with Gasteiger partial charge < -0.3 is 9.80 Å². The van der Waals surface area contributed by atoms with Crippen molar-refractivity contribution in [2.24, 2.45) is 5.92 Å². The highest BCUT2D eigenvalue weighted by molar-refractivity contribution is 7.91. The highest BCUT2D eigenvalue weighted by Gasteiger charge is 2.32. The van der Waals surface area contributed by atoms with E-state index in [0.717, 1.165) is 45.3 Å². The molecule has 1 amide bonds. The first-order valence-electron chi connectivity index (χ1n) is 10.2. The van der Waals surface area contributed by atoms with E-state index in [4.69, 9.17) is 0 Å². The molecule has 1 aromatic rings. The standard InChI is InChI=1S/C21H32N2O3S/c1-18(24)23-13-7-3-6-10-21(23)19-11-14-22(15-12-19)16-17-27(25,26)20-8-4-2-5-9-20/h2,4-5,8-9,19,21H,3,6-7,10-17H2,1H3/t21-/m1/s1. The van der Waals surface area contributed by atoms with Crippen LogP contribution >= 0.6 is 0 Å². The van der Waals surface area contributed by atoms with Crippen LogP contribution in [-0.2, 0) is 14.6 Å². The molecular weight excluding hydrogens is 360 g/mol. The molecule has 1 atom stereocenters. The van der Waals surface area contributed by atoms with Gasteiger partial charge in [-0.3, -0.25) is 4.79 Å². The Kier molecular flexibility index (Phi) is 6.93. The fraction of sp³-hybridized carbons (Fsp3) is 0.667. The Morgan fingerprint density at radius 2 is 1.70 bits per heavy atom. The molecule has 0 spiro atoms. The first-order valence-corrected chi connectivity index (χ1v) is 11.9. The van der Waals surface area contributed by atoms with Gasteiger partial charge in [-0.2, -0.15) is 0 Å². The third-order valence-corrected chi connectivity index (χ3v) is 7.87. The highest BCUT2D eigenvalue weighted by Crippen LogP contribution is 2.30. The third-order valence-electron chi connectivity index (χ3n) is 6.16. The van der Waals surface area contributed by atoms with Gasteiger partial charge in [0.25, 0.3) is 0 Å². The van der Waals surface area contributed by atoms with E-state index in [0.29, 0.717) is 23.4 Å². The molecule has 6 heteroatoms. The molecule has 0 N–H and O–H groups in total. The Balaban J connectivity index is 1.52. The van der Waals surface area contributed by atoms with Gasteiger partial charge in [-0.1, -0.05) is 31.0 Å². The van der Waals surface area contributed by atoms with E-state index in [2.05, 4.69) is 9.80 Å². The van der Waals surface area contributed by atoms with Crippen LogP contribution in [0.5, 0.6) is 0 Å². The lowest BCUT2D eigenvalue weighted by Crippen LogP contribution is -2.47. The number of carbonyl (C=O) groups is 1. The largest absolute Gasteiger partial charge is 0.340 e. The summed E-state index contributed by atoms with van der Waals surface area (Å²) in [5.74, 6) is 0.928. The number of hydrogen-bond donors (Lipinski definition) is 0. The summed E-state index contributed by atoms with van der Waals surface area (Å²) in [6.07, 6.45) is 6.78. The van der Waals surface area contributed by atoms with Crippen LogP contribution in [0.3, 0.4) is 0 Å². The predicted molar refractivity (Wildman–Crippen MR) is 107 cm³/mol. The van der Waals surface area contributed by atoms with Crippen LogP contribution < -0.4 is 0 Å². The van der Waals surface area contributed by atoms with Gasteiger partial charge in [-0.05, 0) is 56.8 Å². The van der Waals surface area contributed by atoms with Crippen LogP contribution in [0, 0.1) is 5.92 Å². The zero-order valence-electron chi connectivity index (χ0n) is 16.3. The summed E-state index contributed by atoms with van der Waals surface area (Å²) in [5.41, 5.74) is 0. The van der Waals surface area contributed by atoms with Crippen LogP contribution in [0.15, 0.2) is 35.2 Å². The summed E-state index contributed by atoms with van der Waals surface area (Å²) in [7, 11) is -3.21. The number of benzene rings is 1. The van der Waals surface area contributed by atoms with E-state index in [1.165, 1.54) is 12.8 Å². The molecule has 0 aromatic heterocycles. The fourth-order valence-corrected chi connectivity index (χ4v) is 5.88. The van der Waals surface area contributed by atoms with Crippen molar-refractivity contribution in [1.82, 2.24) is 9.80 Å². The maximum atomic E-state index is 12.5. The van der Waals surface area contributed by atoms with Crippen molar-refractivity contribution < 1.29 is 13.2 Å². The van der Waals surface area contributed by atoms with Gasteiger partial charge in [0.15, 0.2) is 9.84 Å². The van der Waals surface area contributed by atoms with Crippen LogP contribution in [-0.4, -0.2) is 62.1 Å². The minimum Gasteiger partial charge on any atom is -0.340 e. The molecule has 0 unspecified atom stereocenters. The van der Waals surface area contributed by atoms with E-state index >= 15 is 0 Å². The second kappa shape index (κ2) is 9.20. The van der Waals surface area contributed by atoms with Crippen LogP contribution in [0.25, 0.3) is 0 Å². The van der Waals surface area contributed by atoms with Crippen molar-refractivity contribution in [3.63, 3.8) is 0 Å². The van der Waals surface area contributed by atoms with E-state index in [1.54, 1.807) is 31.2 Å². The van der Waals surface area contributed by atoms with E-state index in [9.17, 15) is 13.2 Å². The lowest BCUT2D eigenvalue weighted by Gasteiger charge is -2.40. The summed E-state index contributed by atoms with van der Waals surface area (Å²) in [4.78, 5) is 16.9. The van der Waals surface area contributed by atoms with Crippen LogP contribution in [0.4, 0.5) is 0 Å². The van der Waals surface area contributed by atoms with Gasteiger partial charge in [-0.15, -0.1) is 0 Å². The SMILES string of the molecule is CC(=O)N1CCCCC[C@@H]1C1CCN(CCS(=O)(=O)c2ccccc2)CC1. The van der Waals surface area contributed by atoms with Crippen molar-refractivity contribution in [1.29, 1.82) is 0 Å². The lowest BCUT2D eigenvalue weighted by atomic mass is 9.86. The van der Waals surface area contributed by atoms with Gasteiger partial charge in [0.05, 0.1) is 10.6 Å². The Bertz CT molecular complexity index is 712. The van der Waals surface area contributed by atoms with Gasteiger partial charge in [0.2, 0.25) is 5.91 Å². The molecule has 5 nitrogen and oxygen atoms in total. The second-order valence-corrected chi connectivity index (χ2v) is 10.0. The molecule has 1 aromatic carbocycles. The highest BCUT2D eigenvalue weighted by atomic mass is 32.2. The molecule has 2 aliphatic rings. The van der Waals surface area contributed by atoms with E-state index < -0.39 is 9.84 Å². The lowest BCUT2D eigenvalue weighted by molar-refractivity contribution is -0.132. The van der Waals surface area contributed by atoms with Crippen LogP contribution in [0.1, 0.15) is 45.4 Å². The number of hydrogen-bond acceptors (Lipinski definition) is 4. The van der Waals surface area contributed by atoms with Crippen molar-refractivity contribution in [2.75, 3.05) is 31.9 Å². The summed E-state index contributed by atoms with van der Waals surface area (Å²) >= 11 is 0. The Morgan fingerprint density at radius 3 is 2.37 bits per heavy atom. The Labute approximate surface area is 163 Å². The monoisotopic (exact) mass is 392 g/mol. The van der Waals surface area contributed by atoms with E-state index in [-0.39, 0.29) is 11.7 Å². The molecule has 2 fully saturated rings. The number of sulfone groups is 1. The fourth-order valence-electron chi connectivity index (χ4n) is 4.57. The molecule has 27 heavy (non-hydrogen) atoms. The number of rotatable bonds is 5. The molecule has 150 valence electrons. The maximum Gasteiger partial charge on any atom is 0.219 e. The van der Waals surface area contributed by atoms with E-state index in [1.807, 2.05) is 6.07 Å². The molecule has 0 aliphatic carbocycles. The predicted octanol–water partition coefficient (Wildman–Crippen LogP) is 2.96. The summed E-state index contributed by atoms with van der Waals surface area (Å²) in [6, 6.07) is 9.09. The number of likely N-dealkylation sites (tertiary alicyclic amines) is 2. The van der Waals surface area contributed by atoms with Crippen molar-refractivity contribution in [3.8, 4) is 0 Å². The first kappa shape index (κ1) is 20.3. The zero-order valence-corrected chi connectivity index (χ0v) is 17.2. The third kappa shape index (κ3) is 5.32. The van der Waals surface area contributed by atoms with Crippen molar-refractivity contribution >= 4 is 15.7 Å². The van der Waals surface area contributed by atoms with Gasteiger partial charge in [0, 0.05) is 26.1 Å². The molecule has 2 saturated heterocycles. The van der Waals surface area contributed by atoms with Crippen molar-refractivity contribution in [3.05, 3.63) is 30.3 Å². The molecule has 2 aliphatic heterocycles. The second-order valence-electron chi connectivity index (χ2n) is 7.94. The number of piperidine rings is 1. The molecule has 0 bridgehead atoms. The average Bonchev–Trinajstić information content (AvgIpc) is 2.94. The maximum absolute atomic E-state index is 12.5. The number of nitrogens with zero attached hydrogens (tertiary/aromatic N) is 2. The number of carbonyl (C=O) groups excluding carboxylic acids is 1. The van der Waals surface area contributed by atoms with Crippen LogP contribution in [0.2, 0.25) is 0 Å². The summed E-state index contributed by atoms with van der Waals surface area (Å²) in [6.45, 7) is 5.04.